The second-order valence-electron chi connectivity index (χ2n) is 5.91. The summed E-state index contributed by atoms with van der Waals surface area (Å²) in [5, 5.41) is 0. The van der Waals surface area contributed by atoms with Crippen molar-refractivity contribution in [1.29, 1.82) is 0 Å². The standard InChI is InChI=1S/C17H23NO4/c1-18(13-6-4-3-5-7-13)17(19)12-10-14(20-2)16-15(11-12)21-8-9-22-16/h10-11,13H,3-9H2,1-2H3. The first-order valence-corrected chi connectivity index (χ1v) is 7.95. The second-order valence-corrected chi connectivity index (χ2v) is 5.91. The van der Waals surface area contributed by atoms with Crippen molar-refractivity contribution < 1.29 is 19.0 Å². The Kier molecular flexibility index (Phi) is 4.41. The van der Waals surface area contributed by atoms with Gasteiger partial charge < -0.3 is 19.1 Å². The Labute approximate surface area is 131 Å². The van der Waals surface area contributed by atoms with Crippen LogP contribution in [-0.4, -0.2) is 44.2 Å². The topological polar surface area (TPSA) is 48.0 Å². The average molecular weight is 305 g/mol. The summed E-state index contributed by atoms with van der Waals surface area (Å²) in [5.74, 6) is 1.75. The highest BCUT2D eigenvalue weighted by molar-refractivity contribution is 5.95. The first kappa shape index (κ1) is 15.0. The second kappa shape index (κ2) is 6.46. The maximum Gasteiger partial charge on any atom is 0.254 e. The van der Waals surface area contributed by atoms with E-state index in [1.54, 1.807) is 19.2 Å². The number of methoxy groups -OCH3 is 1. The lowest BCUT2D eigenvalue weighted by Gasteiger charge is -2.31. The number of fused-ring (bicyclic) bond motifs is 1. The van der Waals surface area contributed by atoms with Gasteiger partial charge in [0.1, 0.15) is 13.2 Å². The van der Waals surface area contributed by atoms with Gasteiger partial charge in [0.2, 0.25) is 5.75 Å². The third-order valence-corrected chi connectivity index (χ3v) is 4.52. The largest absolute Gasteiger partial charge is 0.493 e. The summed E-state index contributed by atoms with van der Waals surface area (Å²) >= 11 is 0. The van der Waals surface area contributed by atoms with E-state index in [0.29, 0.717) is 42.1 Å². The molecule has 0 aromatic heterocycles. The molecule has 3 rings (SSSR count). The van der Waals surface area contributed by atoms with Crippen molar-refractivity contribution in [2.75, 3.05) is 27.4 Å². The number of benzene rings is 1. The lowest BCUT2D eigenvalue weighted by molar-refractivity contribution is 0.0694. The molecule has 0 atom stereocenters. The molecule has 120 valence electrons. The lowest BCUT2D eigenvalue weighted by Crippen LogP contribution is -2.38. The first-order chi connectivity index (χ1) is 10.7. The fraction of sp³-hybridized carbons (Fsp3) is 0.588. The monoisotopic (exact) mass is 305 g/mol. The molecule has 5 heteroatoms. The molecule has 1 aromatic rings. The minimum absolute atomic E-state index is 0.0159. The Hall–Kier alpha value is -1.91. The smallest absolute Gasteiger partial charge is 0.254 e. The van der Waals surface area contributed by atoms with Gasteiger partial charge in [-0.25, -0.2) is 0 Å². The van der Waals surface area contributed by atoms with Crippen LogP contribution in [0.1, 0.15) is 42.5 Å². The fourth-order valence-corrected chi connectivity index (χ4v) is 3.23. The van der Waals surface area contributed by atoms with Crippen LogP contribution in [0, 0.1) is 0 Å². The van der Waals surface area contributed by atoms with Crippen molar-refractivity contribution in [2.45, 2.75) is 38.1 Å². The molecule has 2 aliphatic rings. The van der Waals surface area contributed by atoms with Crippen LogP contribution in [0.4, 0.5) is 0 Å². The van der Waals surface area contributed by atoms with E-state index in [1.807, 2.05) is 11.9 Å². The molecule has 0 bridgehead atoms. The molecule has 1 heterocycles. The van der Waals surface area contributed by atoms with Crippen molar-refractivity contribution in [3.63, 3.8) is 0 Å². The molecule has 1 amide bonds. The summed E-state index contributed by atoms with van der Waals surface area (Å²) in [7, 11) is 3.47. The van der Waals surface area contributed by atoms with Gasteiger partial charge in [-0.1, -0.05) is 19.3 Å². The molecule has 5 nitrogen and oxygen atoms in total. The average Bonchev–Trinajstić information content (AvgIpc) is 2.60. The van der Waals surface area contributed by atoms with E-state index in [0.717, 1.165) is 12.8 Å². The quantitative estimate of drug-likeness (QED) is 0.861. The molecule has 22 heavy (non-hydrogen) atoms. The van der Waals surface area contributed by atoms with Crippen LogP contribution in [0.3, 0.4) is 0 Å². The zero-order valence-corrected chi connectivity index (χ0v) is 13.3. The fourth-order valence-electron chi connectivity index (χ4n) is 3.23. The Morgan fingerprint density at radius 1 is 1.18 bits per heavy atom. The van der Waals surface area contributed by atoms with Gasteiger partial charge in [-0.3, -0.25) is 4.79 Å². The maximum atomic E-state index is 12.8. The third-order valence-electron chi connectivity index (χ3n) is 4.52. The molecule has 1 fully saturated rings. The number of carbonyl (C=O) groups excluding carboxylic acids is 1. The van der Waals surface area contributed by atoms with Crippen LogP contribution in [-0.2, 0) is 0 Å². The van der Waals surface area contributed by atoms with Gasteiger partial charge in [-0.2, -0.15) is 0 Å². The molecule has 0 spiro atoms. The van der Waals surface area contributed by atoms with Gasteiger partial charge in [0.15, 0.2) is 11.5 Å². The minimum Gasteiger partial charge on any atom is -0.493 e. The predicted molar refractivity (Wildman–Crippen MR) is 83.0 cm³/mol. The summed E-state index contributed by atoms with van der Waals surface area (Å²) < 4.78 is 16.5. The molecular weight excluding hydrogens is 282 g/mol. The Morgan fingerprint density at radius 3 is 2.64 bits per heavy atom. The zero-order valence-electron chi connectivity index (χ0n) is 13.3. The van der Waals surface area contributed by atoms with Crippen LogP contribution in [0.15, 0.2) is 12.1 Å². The van der Waals surface area contributed by atoms with Crippen LogP contribution in [0.5, 0.6) is 17.2 Å². The molecule has 0 unspecified atom stereocenters. The summed E-state index contributed by atoms with van der Waals surface area (Å²) in [6.07, 6.45) is 5.85. The minimum atomic E-state index is 0.0159. The summed E-state index contributed by atoms with van der Waals surface area (Å²) in [4.78, 5) is 14.6. The SMILES string of the molecule is COc1cc(C(=O)N(C)C2CCCCC2)cc2c1OCCO2. The normalized spacial score (nSPS) is 17.9. The Bertz CT molecular complexity index is 535. The van der Waals surface area contributed by atoms with E-state index in [1.165, 1.54) is 19.3 Å². The maximum absolute atomic E-state index is 12.8. The van der Waals surface area contributed by atoms with Crippen molar-refractivity contribution in [3.8, 4) is 17.2 Å². The summed E-state index contributed by atoms with van der Waals surface area (Å²) in [6.45, 7) is 0.991. The van der Waals surface area contributed by atoms with Gasteiger partial charge in [0.25, 0.3) is 5.91 Å². The van der Waals surface area contributed by atoms with Crippen molar-refractivity contribution in [1.82, 2.24) is 4.90 Å². The van der Waals surface area contributed by atoms with Gasteiger partial charge in [-0.15, -0.1) is 0 Å². The van der Waals surface area contributed by atoms with Crippen molar-refractivity contribution in [2.24, 2.45) is 0 Å². The van der Waals surface area contributed by atoms with E-state index in [2.05, 4.69) is 0 Å². The van der Waals surface area contributed by atoms with E-state index < -0.39 is 0 Å². The van der Waals surface area contributed by atoms with Gasteiger partial charge in [0, 0.05) is 18.7 Å². The third kappa shape index (κ3) is 2.85. The van der Waals surface area contributed by atoms with Gasteiger partial charge in [0.05, 0.1) is 7.11 Å². The molecular formula is C17H23NO4. The van der Waals surface area contributed by atoms with Crippen LogP contribution in [0.25, 0.3) is 0 Å². The van der Waals surface area contributed by atoms with Gasteiger partial charge >= 0.3 is 0 Å². The molecule has 1 aromatic carbocycles. The van der Waals surface area contributed by atoms with E-state index in [9.17, 15) is 4.79 Å². The molecule has 0 N–H and O–H groups in total. The Balaban J connectivity index is 1.85. The molecule has 1 saturated carbocycles. The van der Waals surface area contributed by atoms with Crippen molar-refractivity contribution in [3.05, 3.63) is 17.7 Å². The summed E-state index contributed by atoms with van der Waals surface area (Å²) in [5.41, 5.74) is 0.592. The highest BCUT2D eigenvalue weighted by Gasteiger charge is 2.26. The number of hydrogen-bond acceptors (Lipinski definition) is 4. The number of ether oxygens (including phenoxy) is 3. The first-order valence-electron chi connectivity index (χ1n) is 7.95. The van der Waals surface area contributed by atoms with E-state index in [-0.39, 0.29) is 5.91 Å². The summed E-state index contributed by atoms with van der Waals surface area (Å²) in [6, 6.07) is 3.84. The molecule has 1 aliphatic carbocycles. The van der Waals surface area contributed by atoms with Gasteiger partial charge in [-0.05, 0) is 25.0 Å². The molecule has 0 radical (unpaired) electrons. The van der Waals surface area contributed by atoms with E-state index >= 15 is 0 Å². The van der Waals surface area contributed by atoms with E-state index in [4.69, 9.17) is 14.2 Å². The predicted octanol–water partition coefficient (Wildman–Crippen LogP) is 2.87. The number of carbonyl (C=O) groups is 1. The number of rotatable bonds is 3. The highest BCUT2D eigenvalue weighted by atomic mass is 16.6. The highest BCUT2D eigenvalue weighted by Crippen LogP contribution is 2.40. The molecule has 0 saturated heterocycles. The van der Waals surface area contributed by atoms with Crippen LogP contribution >= 0.6 is 0 Å². The van der Waals surface area contributed by atoms with Crippen LogP contribution in [0.2, 0.25) is 0 Å². The van der Waals surface area contributed by atoms with Crippen molar-refractivity contribution >= 4 is 5.91 Å². The van der Waals surface area contributed by atoms with Crippen LogP contribution < -0.4 is 14.2 Å². The molecule has 1 aliphatic heterocycles. The Morgan fingerprint density at radius 2 is 1.91 bits per heavy atom. The number of nitrogens with zero attached hydrogens (tertiary/aromatic N) is 1. The number of amides is 1. The number of hydrogen-bond donors (Lipinski definition) is 0. The zero-order chi connectivity index (χ0) is 15.5. The lowest BCUT2D eigenvalue weighted by atomic mass is 9.94.